The van der Waals surface area contributed by atoms with Crippen molar-refractivity contribution >= 4 is 28.9 Å². The number of benzene rings is 3. The summed E-state index contributed by atoms with van der Waals surface area (Å²) in [6.07, 6.45) is 7.41. The molecular formula is C40H46N8O3. The van der Waals surface area contributed by atoms with Gasteiger partial charge in [0.15, 0.2) is 0 Å². The second-order valence-electron chi connectivity index (χ2n) is 13.3. The maximum Gasteiger partial charge on any atom is 0.255 e. The Morgan fingerprint density at radius 2 is 1.69 bits per heavy atom. The van der Waals surface area contributed by atoms with Crippen LogP contribution in [0.15, 0.2) is 97.3 Å². The Hall–Kier alpha value is -5.23. The standard InChI is InChI=1S/C40H46N8O3/c1-45(19-20-46-21-23-51-24-22-46)40(50)33-12-8-11-32(25-33)39(49)42-36-14-13-34(47-17-6-3-7-18-47)27-35(36)37-26-31(15-16-41-37)38-29-48(44-43-38)28-30-9-4-2-5-10-30/h2,4-5,8-16,25-27,29,43-44H,3,6-7,17-24,28H2,1H3,(H,42,49). The fourth-order valence-corrected chi connectivity index (χ4v) is 6.74. The molecule has 11 heteroatoms. The molecule has 4 aromatic rings. The Morgan fingerprint density at radius 1 is 0.882 bits per heavy atom. The predicted molar refractivity (Wildman–Crippen MR) is 201 cm³/mol. The van der Waals surface area contributed by atoms with Crippen LogP contribution in [0.1, 0.15) is 51.1 Å². The van der Waals surface area contributed by atoms with Crippen molar-refractivity contribution in [2.24, 2.45) is 0 Å². The minimum absolute atomic E-state index is 0.114. The number of morpholine rings is 1. The van der Waals surface area contributed by atoms with Gasteiger partial charge in [0.1, 0.15) is 0 Å². The number of carbonyl (C=O) groups excluding carboxylic acids is 2. The zero-order chi connectivity index (χ0) is 35.0. The summed E-state index contributed by atoms with van der Waals surface area (Å²) in [5.74, 6) is -0.401. The normalized spacial score (nSPS) is 16.4. The molecular weight excluding hydrogens is 640 g/mol. The van der Waals surface area contributed by atoms with E-state index in [9.17, 15) is 9.59 Å². The quantitative estimate of drug-likeness (QED) is 0.196. The van der Waals surface area contributed by atoms with Crippen molar-refractivity contribution in [1.29, 1.82) is 0 Å². The highest BCUT2D eigenvalue weighted by Crippen LogP contribution is 2.34. The smallest absolute Gasteiger partial charge is 0.255 e. The van der Waals surface area contributed by atoms with Crippen molar-refractivity contribution in [2.75, 3.05) is 69.7 Å². The molecule has 0 bridgehead atoms. The van der Waals surface area contributed by atoms with E-state index in [2.05, 4.69) is 50.3 Å². The molecule has 0 saturated carbocycles. The molecule has 3 aliphatic heterocycles. The summed E-state index contributed by atoms with van der Waals surface area (Å²) < 4.78 is 5.44. The molecule has 2 amide bonds. The van der Waals surface area contributed by atoms with Gasteiger partial charge in [-0.05, 0) is 73.4 Å². The highest BCUT2D eigenvalue weighted by Gasteiger charge is 2.20. The minimum Gasteiger partial charge on any atom is -0.379 e. The molecule has 0 aliphatic carbocycles. The van der Waals surface area contributed by atoms with E-state index in [0.717, 1.165) is 87.0 Å². The van der Waals surface area contributed by atoms with Crippen LogP contribution in [-0.4, -0.2) is 91.1 Å². The zero-order valence-electron chi connectivity index (χ0n) is 29.2. The van der Waals surface area contributed by atoms with E-state index in [0.29, 0.717) is 29.9 Å². The summed E-state index contributed by atoms with van der Waals surface area (Å²) in [7, 11) is 1.81. The molecule has 2 saturated heterocycles. The summed E-state index contributed by atoms with van der Waals surface area (Å²) in [4.78, 5) is 38.4. The summed E-state index contributed by atoms with van der Waals surface area (Å²) in [5.41, 5.74) is 13.8. The van der Waals surface area contributed by atoms with Crippen molar-refractivity contribution in [3.8, 4) is 11.3 Å². The van der Waals surface area contributed by atoms with Gasteiger partial charge in [-0.3, -0.25) is 24.5 Å². The van der Waals surface area contributed by atoms with Crippen LogP contribution in [0.3, 0.4) is 0 Å². The molecule has 3 N–H and O–H groups in total. The number of ether oxygens (including phenoxy) is 1. The van der Waals surface area contributed by atoms with Gasteiger partial charge in [0.05, 0.1) is 36.8 Å². The largest absolute Gasteiger partial charge is 0.379 e. The lowest BCUT2D eigenvalue weighted by atomic mass is 10.0. The van der Waals surface area contributed by atoms with E-state index in [1.165, 1.54) is 12.0 Å². The van der Waals surface area contributed by atoms with Gasteiger partial charge in [-0.1, -0.05) is 36.4 Å². The van der Waals surface area contributed by atoms with Crippen molar-refractivity contribution in [1.82, 2.24) is 30.8 Å². The van der Waals surface area contributed by atoms with E-state index in [1.54, 1.807) is 42.4 Å². The van der Waals surface area contributed by atoms with Gasteiger partial charge in [0, 0.05) is 86.7 Å². The van der Waals surface area contributed by atoms with Gasteiger partial charge in [-0.15, -0.1) is 5.53 Å². The molecule has 0 atom stereocenters. The highest BCUT2D eigenvalue weighted by atomic mass is 16.5. The molecule has 1 aromatic heterocycles. The van der Waals surface area contributed by atoms with Crippen LogP contribution in [0.25, 0.3) is 17.0 Å². The SMILES string of the molecule is CN(CCN1CCOCC1)C(=O)c1cccc(C(=O)Nc2ccc(N3CCCCC3)cc2-c2cc(C3=CN(Cc4ccccc4)NN3)ccn2)c1. The third-order valence-corrected chi connectivity index (χ3v) is 9.71. The van der Waals surface area contributed by atoms with Gasteiger partial charge < -0.3 is 25.3 Å². The number of hydrogen-bond acceptors (Lipinski definition) is 9. The van der Waals surface area contributed by atoms with Crippen molar-refractivity contribution < 1.29 is 14.3 Å². The molecule has 0 radical (unpaired) electrons. The topological polar surface area (TPSA) is 105 Å². The van der Waals surface area contributed by atoms with Crippen LogP contribution in [0.2, 0.25) is 0 Å². The molecule has 7 rings (SSSR count). The number of hydrogen-bond donors (Lipinski definition) is 3. The number of nitrogens with one attached hydrogen (secondary N) is 3. The Labute approximate surface area is 299 Å². The van der Waals surface area contributed by atoms with Crippen LogP contribution in [0.5, 0.6) is 0 Å². The summed E-state index contributed by atoms with van der Waals surface area (Å²) in [6.45, 7) is 7.28. The number of aromatic nitrogens is 1. The third kappa shape index (κ3) is 8.57. The van der Waals surface area contributed by atoms with Crippen molar-refractivity contribution in [3.63, 3.8) is 0 Å². The summed E-state index contributed by atoms with van der Waals surface area (Å²) in [5, 5.41) is 5.16. The molecule has 51 heavy (non-hydrogen) atoms. The minimum atomic E-state index is -0.287. The number of pyridine rings is 1. The van der Waals surface area contributed by atoms with E-state index < -0.39 is 0 Å². The fourth-order valence-electron chi connectivity index (χ4n) is 6.74. The van der Waals surface area contributed by atoms with E-state index in [-0.39, 0.29) is 11.8 Å². The van der Waals surface area contributed by atoms with Crippen LogP contribution >= 0.6 is 0 Å². The predicted octanol–water partition coefficient (Wildman–Crippen LogP) is 5.22. The number of carbonyl (C=O) groups is 2. The highest BCUT2D eigenvalue weighted by molar-refractivity contribution is 6.08. The Balaban J connectivity index is 1.11. The zero-order valence-corrected chi connectivity index (χ0v) is 29.2. The lowest BCUT2D eigenvalue weighted by molar-refractivity contribution is 0.0338. The Bertz CT molecular complexity index is 1850. The second-order valence-corrected chi connectivity index (χ2v) is 13.3. The first-order valence-electron chi connectivity index (χ1n) is 17.9. The van der Waals surface area contributed by atoms with Gasteiger partial charge >= 0.3 is 0 Å². The van der Waals surface area contributed by atoms with Gasteiger partial charge in [-0.25, -0.2) is 0 Å². The number of likely N-dealkylation sites (N-methyl/N-ethyl adjacent to an activating group) is 1. The molecule has 3 aromatic carbocycles. The first-order chi connectivity index (χ1) is 25.0. The van der Waals surface area contributed by atoms with Crippen LogP contribution < -0.4 is 21.2 Å². The van der Waals surface area contributed by atoms with Crippen molar-refractivity contribution in [2.45, 2.75) is 25.8 Å². The molecule has 11 nitrogen and oxygen atoms in total. The monoisotopic (exact) mass is 686 g/mol. The molecule has 2 fully saturated rings. The first kappa shape index (κ1) is 34.2. The average molecular weight is 687 g/mol. The van der Waals surface area contributed by atoms with Gasteiger partial charge in [-0.2, -0.15) is 0 Å². The van der Waals surface area contributed by atoms with E-state index >= 15 is 0 Å². The Morgan fingerprint density at radius 3 is 2.51 bits per heavy atom. The number of nitrogens with zero attached hydrogens (tertiary/aromatic N) is 5. The first-order valence-corrected chi connectivity index (χ1v) is 17.9. The average Bonchev–Trinajstić information content (AvgIpc) is 3.66. The van der Waals surface area contributed by atoms with Crippen LogP contribution in [0, 0.1) is 0 Å². The third-order valence-electron chi connectivity index (χ3n) is 9.71. The maximum atomic E-state index is 13.8. The Kier molecular flexibility index (Phi) is 10.9. The number of rotatable bonds is 11. The van der Waals surface area contributed by atoms with Gasteiger partial charge in [0.25, 0.3) is 11.8 Å². The lowest BCUT2D eigenvalue weighted by Gasteiger charge is -2.29. The molecule has 4 heterocycles. The second kappa shape index (κ2) is 16.2. The lowest BCUT2D eigenvalue weighted by Crippen LogP contribution is -2.41. The molecule has 0 unspecified atom stereocenters. The van der Waals surface area contributed by atoms with E-state index in [1.807, 2.05) is 47.6 Å². The molecule has 264 valence electrons. The van der Waals surface area contributed by atoms with E-state index in [4.69, 9.17) is 9.72 Å². The van der Waals surface area contributed by atoms with Gasteiger partial charge in [0.2, 0.25) is 0 Å². The number of piperidine rings is 1. The number of amides is 2. The summed E-state index contributed by atoms with van der Waals surface area (Å²) in [6, 6.07) is 27.4. The number of anilines is 2. The fraction of sp³-hybridized carbons (Fsp3) is 0.325. The summed E-state index contributed by atoms with van der Waals surface area (Å²) >= 11 is 0. The molecule has 3 aliphatic rings. The number of hydrazine groups is 2. The van der Waals surface area contributed by atoms with Crippen LogP contribution in [0.4, 0.5) is 11.4 Å². The maximum absolute atomic E-state index is 13.8. The van der Waals surface area contributed by atoms with Crippen molar-refractivity contribution in [3.05, 3.63) is 120 Å². The molecule has 0 spiro atoms. The van der Waals surface area contributed by atoms with Crippen LogP contribution in [-0.2, 0) is 11.3 Å².